The van der Waals surface area contributed by atoms with Crippen LogP contribution in [0.25, 0.3) is 11.4 Å². The highest BCUT2D eigenvalue weighted by atomic mass is 32.2. The Morgan fingerprint density at radius 2 is 0.887 bits per heavy atom. The second kappa shape index (κ2) is 17.8. The van der Waals surface area contributed by atoms with Crippen LogP contribution in [0.5, 0.6) is 0 Å². The molecule has 8 N–H and O–H groups in total. The van der Waals surface area contributed by atoms with Gasteiger partial charge in [0.05, 0.1) is 45.0 Å². The maximum atomic E-state index is 11.7. The van der Waals surface area contributed by atoms with Crippen molar-refractivity contribution >= 4 is 103 Å². The smallest absolute Gasteiger partial charge is 0.335 e. The lowest BCUT2D eigenvalue weighted by Crippen LogP contribution is -2.13. The van der Waals surface area contributed by atoms with Gasteiger partial charge in [0, 0.05) is 22.3 Å². The van der Waals surface area contributed by atoms with E-state index in [9.17, 15) is 39.6 Å². The molecule has 4 aromatic heterocycles. The van der Waals surface area contributed by atoms with Crippen molar-refractivity contribution in [3.05, 3.63) is 70.0 Å². The third-order valence-corrected chi connectivity index (χ3v) is 12.5. The summed E-state index contributed by atoms with van der Waals surface area (Å²) in [5.74, 6) is -4.00. The van der Waals surface area contributed by atoms with Gasteiger partial charge in [-0.3, -0.25) is 0 Å². The van der Waals surface area contributed by atoms with Crippen molar-refractivity contribution in [1.82, 2.24) is 40.0 Å². The lowest BCUT2D eigenvalue weighted by atomic mass is 9.91. The molecule has 0 spiro atoms. The Bertz CT molecular complexity index is 2540. The first-order chi connectivity index (χ1) is 29.1. The first-order valence-electron chi connectivity index (χ1n) is 17.9. The van der Waals surface area contributed by atoms with Gasteiger partial charge in [-0.2, -0.15) is 10.2 Å². The second-order valence-corrected chi connectivity index (χ2v) is 19.6. The SMILES string of the molecule is CC(C)(C)c1nn(-c2cc(C(=O)O)cc(C(=O)O)c2)c(N)c1N=Nc1nnc(SCCSc2nnc(N=Nc3c(C(C)(C)C)nn(-c4cc(C(=O)O)cc(C(=O)O)c4)c3N)s2)s1. The number of azo groups is 2. The minimum Gasteiger partial charge on any atom is -0.478 e. The van der Waals surface area contributed by atoms with Gasteiger partial charge in [0.2, 0.25) is 0 Å². The van der Waals surface area contributed by atoms with Crippen LogP contribution < -0.4 is 11.5 Å². The van der Waals surface area contributed by atoms with Crippen molar-refractivity contribution in [1.29, 1.82) is 0 Å². The van der Waals surface area contributed by atoms with Crippen LogP contribution in [0, 0.1) is 0 Å². The van der Waals surface area contributed by atoms with Crippen LogP contribution >= 0.6 is 46.2 Å². The Hall–Kier alpha value is -6.64. The van der Waals surface area contributed by atoms with E-state index < -0.39 is 34.7 Å². The van der Waals surface area contributed by atoms with Gasteiger partial charge in [-0.25, -0.2) is 28.5 Å². The normalized spacial score (nSPS) is 12.2. The molecule has 322 valence electrons. The standard InChI is InChI=1S/C36H36N14O8S4/c1-35(2,3)23-21(25(37)49(47-23)19-11-15(27(51)52)9-16(12-19)28(53)54)39-41-31-43-45-33(61-31)59-7-8-60-34-46-44-32(62-34)42-40-22-24(36(4,5)6)48-50(26(22)38)20-13-17(29(55)56)10-18(14-20)30(57)58/h9-14H,7-8,37-38H2,1-6H3,(H,51,52)(H,53,54)(H,55,56)(H,57,58). The van der Waals surface area contributed by atoms with E-state index in [4.69, 9.17) is 11.5 Å². The molecule has 6 aromatic rings. The predicted octanol–water partition coefficient (Wildman–Crippen LogP) is 8.03. The largest absolute Gasteiger partial charge is 0.478 e. The molecule has 0 atom stereocenters. The molecule has 0 saturated carbocycles. The highest BCUT2D eigenvalue weighted by Gasteiger charge is 2.29. The summed E-state index contributed by atoms with van der Waals surface area (Å²) in [6, 6.07) is 7.15. The van der Waals surface area contributed by atoms with Crippen LogP contribution in [0.15, 0.2) is 65.5 Å². The first-order valence-corrected chi connectivity index (χ1v) is 21.5. The Morgan fingerprint density at radius 1 is 0.565 bits per heavy atom. The fraction of sp³-hybridized carbons (Fsp3) is 0.278. The number of carbonyl (C=O) groups is 4. The molecule has 0 bridgehead atoms. The van der Waals surface area contributed by atoms with Crippen LogP contribution in [0.3, 0.4) is 0 Å². The summed E-state index contributed by atoms with van der Waals surface area (Å²) in [5, 5.41) is 81.6. The second-order valence-electron chi connectivity index (χ2n) is 15.0. The van der Waals surface area contributed by atoms with Crippen molar-refractivity contribution in [3.63, 3.8) is 0 Å². The Morgan fingerprint density at radius 3 is 1.18 bits per heavy atom. The molecule has 22 nitrogen and oxygen atoms in total. The van der Waals surface area contributed by atoms with Crippen molar-refractivity contribution in [3.8, 4) is 11.4 Å². The summed E-state index contributed by atoms with van der Waals surface area (Å²) in [5.41, 5.74) is 12.3. The number of rotatable bonds is 15. The van der Waals surface area contributed by atoms with Gasteiger partial charge in [0.15, 0.2) is 31.7 Å². The Labute approximate surface area is 367 Å². The average molecular weight is 921 g/mol. The Balaban J connectivity index is 1.11. The average Bonchev–Trinajstić information content (AvgIpc) is 4.00. The number of benzene rings is 2. The van der Waals surface area contributed by atoms with Crippen LogP contribution in [-0.4, -0.2) is 95.8 Å². The van der Waals surface area contributed by atoms with Crippen molar-refractivity contribution < 1.29 is 39.6 Å². The van der Waals surface area contributed by atoms with Crippen molar-refractivity contribution in [2.45, 2.75) is 61.1 Å². The number of hydrogen-bond acceptors (Lipinski definition) is 20. The van der Waals surface area contributed by atoms with E-state index in [1.54, 1.807) is 0 Å². The fourth-order valence-corrected chi connectivity index (χ4v) is 8.89. The number of nitrogens with two attached hydrogens (primary N) is 2. The minimum absolute atomic E-state index is 0.0168. The molecule has 62 heavy (non-hydrogen) atoms. The zero-order valence-electron chi connectivity index (χ0n) is 33.5. The highest BCUT2D eigenvalue weighted by Crippen LogP contribution is 2.41. The number of anilines is 2. The fourth-order valence-electron chi connectivity index (χ4n) is 5.45. The quantitative estimate of drug-likeness (QED) is 0.0322. The van der Waals surface area contributed by atoms with Gasteiger partial charge in [-0.15, -0.1) is 40.9 Å². The number of carboxylic acids is 4. The highest BCUT2D eigenvalue weighted by molar-refractivity contribution is 8.04. The van der Waals surface area contributed by atoms with E-state index in [1.807, 2.05) is 41.5 Å². The van der Waals surface area contributed by atoms with E-state index >= 15 is 0 Å². The van der Waals surface area contributed by atoms with Crippen LogP contribution in [0.4, 0.5) is 33.3 Å². The molecule has 26 heteroatoms. The van der Waals surface area contributed by atoms with Gasteiger partial charge in [-0.1, -0.05) is 87.7 Å². The monoisotopic (exact) mass is 920 g/mol. The number of thioether (sulfide) groups is 2. The van der Waals surface area contributed by atoms with Gasteiger partial charge < -0.3 is 31.9 Å². The van der Waals surface area contributed by atoms with E-state index in [0.717, 1.165) is 12.1 Å². The molecule has 4 heterocycles. The molecular formula is C36H36N14O8S4. The summed E-state index contributed by atoms with van der Waals surface area (Å²) in [6.07, 6.45) is 0. The van der Waals surface area contributed by atoms with Crippen LogP contribution in [-0.2, 0) is 10.8 Å². The molecule has 0 saturated heterocycles. The van der Waals surface area contributed by atoms with Crippen LogP contribution in [0.2, 0.25) is 0 Å². The number of hydrogen-bond donors (Lipinski definition) is 6. The summed E-state index contributed by atoms with van der Waals surface area (Å²) >= 11 is 5.27. The number of aromatic nitrogens is 8. The lowest BCUT2D eigenvalue weighted by molar-refractivity contribution is 0.0676. The summed E-state index contributed by atoms with van der Waals surface area (Å²) in [7, 11) is 0. The van der Waals surface area contributed by atoms with Crippen LogP contribution in [0.1, 0.15) is 94.4 Å². The zero-order valence-corrected chi connectivity index (χ0v) is 36.7. The van der Waals surface area contributed by atoms with Crippen molar-refractivity contribution in [2.75, 3.05) is 23.0 Å². The number of nitrogen functional groups attached to an aromatic ring is 2. The van der Waals surface area contributed by atoms with Gasteiger partial charge in [-0.05, 0) is 36.4 Å². The Kier molecular flexibility index (Phi) is 12.9. The molecule has 0 aliphatic rings. The molecule has 0 unspecified atom stereocenters. The molecule has 0 aliphatic heterocycles. The van der Waals surface area contributed by atoms with Gasteiger partial charge >= 0.3 is 23.9 Å². The zero-order chi connectivity index (χ0) is 45.3. The third-order valence-electron chi connectivity index (χ3n) is 8.32. The number of nitrogens with zero attached hydrogens (tertiary/aromatic N) is 12. The number of aromatic carboxylic acids is 4. The van der Waals surface area contributed by atoms with E-state index in [0.29, 0.717) is 31.6 Å². The van der Waals surface area contributed by atoms with E-state index in [2.05, 4.69) is 51.0 Å². The van der Waals surface area contributed by atoms with Gasteiger partial charge in [0.25, 0.3) is 10.3 Å². The van der Waals surface area contributed by atoms with Gasteiger partial charge in [0.1, 0.15) is 0 Å². The third kappa shape index (κ3) is 10.1. The molecule has 6 rings (SSSR count). The molecule has 2 aromatic carbocycles. The first kappa shape index (κ1) is 44.9. The minimum atomic E-state index is -1.32. The van der Waals surface area contributed by atoms with E-state index in [1.165, 1.54) is 79.8 Å². The molecule has 0 amide bonds. The maximum absolute atomic E-state index is 11.7. The summed E-state index contributed by atoms with van der Waals surface area (Å²) in [4.78, 5) is 46.9. The maximum Gasteiger partial charge on any atom is 0.335 e. The molecule has 0 fully saturated rings. The predicted molar refractivity (Wildman–Crippen MR) is 231 cm³/mol. The topological polar surface area (TPSA) is 338 Å². The lowest BCUT2D eigenvalue weighted by Gasteiger charge is -2.15. The molecule has 0 radical (unpaired) electrons. The van der Waals surface area contributed by atoms with Crippen molar-refractivity contribution in [2.24, 2.45) is 20.5 Å². The van der Waals surface area contributed by atoms with E-state index in [-0.39, 0.29) is 66.9 Å². The number of carboxylic acid groups (broad SMARTS) is 4. The molecular weight excluding hydrogens is 885 g/mol. The summed E-state index contributed by atoms with van der Waals surface area (Å²) in [6.45, 7) is 11.3. The molecule has 0 aliphatic carbocycles. The summed E-state index contributed by atoms with van der Waals surface area (Å²) < 4.78 is 3.72.